The fourth-order valence-electron chi connectivity index (χ4n) is 2.50. The van der Waals surface area contributed by atoms with Gasteiger partial charge in [0.1, 0.15) is 0 Å². The summed E-state index contributed by atoms with van der Waals surface area (Å²) in [6.07, 6.45) is -1.01. The number of carbonyl (C=O) groups excluding carboxylic acids is 1. The molecule has 0 aromatic heterocycles. The van der Waals surface area contributed by atoms with E-state index in [0.29, 0.717) is 38.7 Å². The number of ether oxygens (including phenoxy) is 1. The van der Waals surface area contributed by atoms with Gasteiger partial charge in [-0.25, -0.2) is 0 Å². The molecule has 9 heteroatoms. The fraction of sp³-hybridized carbons (Fsp3) is 0.600. The summed E-state index contributed by atoms with van der Waals surface area (Å²) in [5.74, 6) is 0.990. The van der Waals surface area contributed by atoms with Crippen molar-refractivity contribution in [2.75, 3.05) is 39.4 Å². The Hall–Kier alpha value is -2.29. The lowest BCUT2D eigenvalue weighted by Crippen LogP contribution is -2.41. The number of rotatable bonds is 11. The summed E-state index contributed by atoms with van der Waals surface area (Å²) < 4.78 is 43.2. The molecule has 0 saturated heterocycles. The Labute approximate surface area is 169 Å². The summed E-state index contributed by atoms with van der Waals surface area (Å²) in [4.78, 5) is 16.5. The first-order chi connectivity index (χ1) is 13.9. The molecule has 1 aliphatic carbocycles. The molecule has 0 atom stereocenters. The number of halogens is 3. The number of nitrogens with zero attached hydrogens (tertiary/aromatic N) is 1. The summed E-state index contributed by atoms with van der Waals surface area (Å²) in [5.41, 5.74) is -0.593. The topological polar surface area (TPSA) is 74.8 Å². The fourth-order valence-corrected chi connectivity index (χ4v) is 2.50. The van der Waals surface area contributed by atoms with Crippen molar-refractivity contribution in [2.24, 2.45) is 10.9 Å². The van der Waals surface area contributed by atoms with E-state index in [4.69, 9.17) is 4.74 Å². The van der Waals surface area contributed by atoms with Crippen molar-refractivity contribution in [3.63, 3.8) is 0 Å². The van der Waals surface area contributed by atoms with E-state index in [1.165, 1.54) is 25.0 Å². The van der Waals surface area contributed by atoms with Gasteiger partial charge in [-0.2, -0.15) is 13.2 Å². The average molecular weight is 414 g/mol. The molecule has 162 valence electrons. The van der Waals surface area contributed by atoms with Gasteiger partial charge in [-0.15, -0.1) is 0 Å². The van der Waals surface area contributed by atoms with E-state index in [1.807, 2.05) is 6.92 Å². The van der Waals surface area contributed by atoms with E-state index >= 15 is 0 Å². The van der Waals surface area contributed by atoms with Crippen molar-refractivity contribution in [1.82, 2.24) is 16.0 Å². The Balaban J connectivity index is 1.64. The van der Waals surface area contributed by atoms with E-state index in [-0.39, 0.29) is 5.56 Å². The third-order valence-electron chi connectivity index (χ3n) is 4.29. The predicted octanol–water partition coefficient (Wildman–Crippen LogP) is 2.81. The molecule has 3 N–H and O–H groups in total. The molecule has 1 aromatic rings. The monoisotopic (exact) mass is 414 g/mol. The first-order valence-electron chi connectivity index (χ1n) is 9.95. The molecular weight excluding hydrogens is 385 g/mol. The number of hydrogen-bond donors (Lipinski definition) is 3. The molecule has 0 bridgehead atoms. The van der Waals surface area contributed by atoms with Crippen LogP contribution in [0.15, 0.2) is 29.3 Å². The third kappa shape index (κ3) is 9.17. The number of aliphatic imine (C=N–C) groups is 1. The highest BCUT2D eigenvalue weighted by molar-refractivity contribution is 5.94. The molecule has 6 nitrogen and oxygen atoms in total. The predicted molar refractivity (Wildman–Crippen MR) is 106 cm³/mol. The van der Waals surface area contributed by atoms with E-state index in [1.54, 1.807) is 0 Å². The Bertz CT molecular complexity index is 659. The molecule has 1 saturated carbocycles. The second-order valence-electron chi connectivity index (χ2n) is 6.89. The van der Waals surface area contributed by atoms with Crippen molar-refractivity contribution < 1.29 is 22.7 Å². The summed E-state index contributed by atoms with van der Waals surface area (Å²) in [6.45, 7) is 5.61. The van der Waals surface area contributed by atoms with E-state index in [0.717, 1.165) is 31.1 Å². The Kier molecular flexibility index (Phi) is 9.24. The van der Waals surface area contributed by atoms with Gasteiger partial charge in [0, 0.05) is 45.0 Å². The van der Waals surface area contributed by atoms with Crippen LogP contribution in [-0.4, -0.2) is 51.3 Å². The number of nitrogens with one attached hydrogen (secondary N) is 3. The standard InChI is InChI=1S/C20H29F3N4O2/c1-2-24-19(26-10-3-13-29-14-15-4-5-15)27-12-11-25-18(28)16-6-8-17(9-7-16)20(21,22)23/h6-9,15H,2-5,10-14H2,1H3,(H,25,28)(H2,24,26,27). The van der Waals surface area contributed by atoms with Gasteiger partial charge in [0.2, 0.25) is 0 Å². The van der Waals surface area contributed by atoms with Crippen LogP contribution in [0.3, 0.4) is 0 Å². The highest BCUT2D eigenvalue weighted by Crippen LogP contribution is 2.29. The lowest BCUT2D eigenvalue weighted by Gasteiger charge is -2.12. The van der Waals surface area contributed by atoms with Crippen LogP contribution in [0.2, 0.25) is 0 Å². The zero-order valence-electron chi connectivity index (χ0n) is 16.6. The maximum atomic E-state index is 12.6. The molecule has 0 heterocycles. The Morgan fingerprint density at radius 3 is 2.45 bits per heavy atom. The number of guanidine groups is 1. The molecule has 1 aliphatic rings. The van der Waals surface area contributed by atoms with Crippen LogP contribution < -0.4 is 16.0 Å². The first-order valence-corrected chi connectivity index (χ1v) is 9.95. The van der Waals surface area contributed by atoms with Crippen molar-refractivity contribution in [3.8, 4) is 0 Å². The maximum Gasteiger partial charge on any atom is 0.416 e. The normalized spacial score (nSPS) is 14.6. The minimum Gasteiger partial charge on any atom is -0.381 e. The smallest absolute Gasteiger partial charge is 0.381 e. The highest BCUT2D eigenvalue weighted by Gasteiger charge is 2.30. The number of alkyl halides is 3. The third-order valence-corrected chi connectivity index (χ3v) is 4.29. The van der Waals surface area contributed by atoms with Gasteiger partial charge in [-0.1, -0.05) is 0 Å². The minimum atomic E-state index is -4.41. The number of amides is 1. The summed E-state index contributed by atoms with van der Waals surface area (Å²) in [6, 6.07) is 4.14. The maximum absolute atomic E-state index is 12.6. The molecule has 1 aromatic carbocycles. The van der Waals surface area contributed by atoms with Gasteiger partial charge in [-0.05, 0) is 56.4 Å². The largest absolute Gasteiger partial charge is 0.416 e. The second kappa shape index (κ2) is 11.6. The molecule has 0 radical (unpaired) electrons. The summed E-state index contributed by atoms with van der Waals surface area (Å²) >= 11 is 0. The molecule has 2 rings (SSSR count). The summed E-state index contributed by atoms with van der Waals surface area (Å²) in [5, 5.41) is 8.90. The van der Waals surface area contributed by atoms with Gasteiger partial charge in [0.25, 0.3) is 5.91 Å². The SMILES string of the molecule is CCNC(=NCCCOCC1CC1)NCCNC(=O)c1ccc(C(F)(F)F)cc1. The quantitative estimate of drug-likeness (QED) is 0.296. The van der Waals surface area contributed by atoms with Crippen molar-refractivity contribution in [1.29, 1.82) is 0 Å². The minimum absolute atomic E-state index is 0.185. The first kappa shape index (κ1) is 23.0. The van der Waals surface area contributed by atoms with Crippen molar-refractivity contribution in [3.05, 3.63) is 35.4 Å². The lowest BCUT2D eigenvalue weighted by atomic mass is 10.1. The van der Waals surface area contributed by atoms with Crippen molar-refractivity contribution >= 4 is 11.9 Å². The van der Waals surface area contributed by atoms with Crippen LogP contribution in [0.5, 0.6) is 0 Å². The van der Waals surface area contributed by atoms with Crippen LogP contribution in [0.25, 0.3) is 0 Å². The lowest BCUT2D eigenvalue weighted by molar-refractivity contribution is -0.137. The molecule has 0 unspecified atom stereocenters. The van der Waals surface area contributed by atoms with Gasteiger partial charge < -0.3 is 20.7 Å². The van der Waals surface area contributed by atoms with Gasteiger partial charge in [0.05, 0.1) is 5.56 Å². The Morgan fingerprint density at radius 2 is 1.83 bits per heavy atom. The molecule has 0 aliphatic heterocycles. The Morgan fingerprint density at radius 1 is 1.14 bits per heavy atom. The van der Waals surface area contributed by atoms with E-state index < -0.39 is 17.6 Å². The van der Waals surface area contributed by atoms with E-state index in [2.05, 4.69) is 20.9 Å². The van der Waals surface area contributed by atoms with Crippen LogP contribution >= 0.6 is 0 Å². The van der Waals surface area contributed by atoms with Crippen LogP contribution in [-0.2, 0) is 10.9 Å². The molecule has 1 fully saturated rings. The number of benzene rings is 1. The van der Waals surface area contributed by atoms with Gasteiger partial charge >= 0.3 is 6.18 Å². The molecular formula is C20H29F3N4O2. The van der Waals surface area contributed by atoms with Crippen LogP contribution in [0.1, 0.15) is 42.1 Å². The van der Waals surface area contributed by atoms with E-state index in [9.17, 15) is 18.0 Å². The molecule has 0 spiro atoms. The molecule has 1 amide bonds. The zero-order valence-corrected chi connectivity index (χ0v) is 16.6. The van der Waals surface area contributed by atoms with Gasteiger partial charge in [-0.3, -0.25) is 9.79 Å². The number of carbonyl (C=O) groups is 1. The second-order valence-corrected chi connectivity index (χ2v) is 6.89. The number of hydrogen-bond acceptors (Lipinski definition) is 3. The molecule has 29 heavy (non-hydrogen) atoms. The average Bonchev–Trinajstić information content (AvgIpc) is 3.51. The van der Waals surface area contributed by atoms with Crippen LogP contribution in [0.4, 0.5) is 13.2 Å². The summed E-state index contributed by atoms with van der Waals surface area (Å²) in [7, 11) is 0. The van der Waals surface area contributed by atoms with Gasteiger partial charge in [0.15, 0.2) is 5.96 Å². The van der Waals surface area contributed by atoms with Crippen LogP contribution in [0, 0.1) is 5.92 Å². The highest BCUT2D eigenvalue weighted by atomic mass is 19.4. The van der Waals surface area contributed by atoms with Crippen molar-refractivity contribution in [2.45, 2.75) is 32.4 Å². The zero-order chi connectivity index (χ0) is 21.1.